The van der Waals surface area contributed by atoms with Crippen molar-refractivity contribution in [1.29, 1.82) is 0 Å². The van der Waals surface area contributed by atoms with Gasteiger partial charge in [0.2, 0.25) is 5.91 Å². The molecule has 1 aliphatic heterocycles. The van der Waals surface area contributed by atoms with E-state index in [0.29, 0.717) is 12.0 Å². The summed E-state index contributed by atoms with van der Waals surface area (Å²) in [5.74, 6) is -0.0986. The zero-order valence-electron chi connectivity index (χ0n) is 19.5. The molecule has 4 rings (SSSR count). The number of carbonyl (C=O) groups is 1. The molecule has 0 spiro atoms. The highest BCUT2D eigenvalue weighted by molar-refractivity contribution is 6.34. The summed E-state index contributed by atoms with van der Waals surface area (Å²) < 4.78 is 43.2. The van der Waals surface area contributed by atoms with Crippen LogP contribution in [0.1, 0.15) is 42.0 Å². The Morgan fingerprint density at radius 2 is 1.75 bits per heavy atom. The number of amides is 1. The van der Waals surface area contributed by atoms with Gasteiger partial charge in [0.1, 0.15) is 0 Å². The summed E-state index contributed by atoms with van der Waals surface area (Å²) >= 11 is 12.0. The lowest BCUT2D eigenvalue weighted by molar-refractivity contribution is -0.275. The molecule has 9 heteroatoms. The van der Waals surface area contributed by atoms with E-state index in [0.717, 1.165) is 22.3 Å². The average molecular weight is 535 g/mol. The monoisotopic (exact) mass is 534 g/mol. The van der Waals surface area contributed by atoms with E-state index in [1.807, 2.05) is 31.2 Å². The fraction of sp³-hybridized carbons (Fsp3) is 0.259. The van der Waals surface area contributed by atoms with Crippen molar-refractivity contribution in [2.24, 2.45) is 5.16 Å². The first-order valence-electron chi connectivity index (χ1n) is 11.3. The quantitative estimate of drug-likeness (QED) is 0.354. The van der Waals surface area contributed by atoms with Gasteiger partial charge in [0.25, 0.3) is 5.60 Å². The second-order valence-electron chi connectivity index (χ2n) is 8.61. The fourth-order valence-electron chi connectivity index (χ4n) is 4.20. The van der Waals surface area contributed by atoms with Gasteiger partial charge in [0.15, 0.2) is 0 Å². The molecule has 1 unspecified atom stereocenters. The molecule has 3 aromatic rings. The van der Waals surface area contributed by atoms with Crippen molar-refractivity contribution in [3.8, 4) is 11.1 Å². The molecule has 1 amide bonds. The molecule has 36 heavy (non-hydrogen) atoms. The Balaban J connectivity index is 1.75. The third-order valence-electron chi connectivity index (χ3n) is 6.19. The van der Waals surface area contributed by atoms with Gasteiger partial charge >= 0.3 is 6.18 Å². The largest absolute Gasteiger partial charge is 0.435 e. The Morgan fingerprint density at radius 3 is 2.39 bits per heavy atom. The van der Waals surface area contributed by atoms with Crippen molar-refractivity contribution in [3.05, 3.63) is 93.0 Å². The lowest BCUT2D eigenvalue weighted by atomic mass is 9.85. The van der Waals surface area contributed by atoms with Crippen LogP contribution >= 0.6 is 23.2 Å². The number of oxime groups is 1. The van der Waals surface area contributed by atoms with Crippen LogP contribution in [0.3, 0.4) is 0 Å². The minimum atomic E-state index is -4.78. The third kappa shape index (κ3) is 5.08. The van der Waals surface area contributed by atoms with E-state index in [9.17, 15) is 18.0 Å². The average Bonchev–Trinajstić information content (AvgIpc) is 3.29. The number of aryl methyl sites for hydroxylation is 1. The highest BCUT2D eigenvalue weighted by Gasteiger charge is 2.62. The number of rotatable bonds is 6. The lowest BCUT2D eigenvalue weighted by Crippen LogP contribution is -2.42. The van der Waals surface area contributed by atoms with Crippen LogP contribution in [0.2, 0.25) is 10.0 Å². The summed E-state index contributed by atoms with van der Waals surface area (Å²) in [6.07, 6.45) is -4.99. The van der Waals surface area contributed by atoms with Gasteiger partial charge in [-0.3, -0.25) is 4.79 Å². The van der Waals surface area contributed by atoms with Crippen LogP contribution in [0.15, 0.2) is 65.8 Å². The van der Waals surface area contributed by atoms with E-state index in [1.165, 1.54) is 18.2 Å². The number of nitrogens with zero attached hydrogens (tertiary/aromatic N) is 1. The van der Waals surface area contributed by atoms with Crippen molar-refractivity contribution in [2.75, 3.05) is 0 Å². The van der Waals surface area contributed by atoms with Gasteiger partial charge in [-0.2, -0.15) is 13.2 Å². The zero-order valence-corrected chi connectivity index (χ0v) is 21.1. The molecular weight excluding hydrogens is 512 g/mol. The van der Waals surface area contributed by atoms with Crippen molar-refractivity contribution < 1.29 is 22.8 Å². The summed E-state index contributed by atoms with van der Waals surface area (Å²) in [6, 6.07) is 16.7. The van der Waals surface area contributed by atoms with Crippen molar-refractivity contribution in [3.63, 3.8) is 0 Å². The van der Waals surface area contributed by atoms with Crippen LogP contribution in [-0.2, 0) is 21.8 Å². The molecular formula is C27H23Cl2F3N2O2. The summed E-state index contributed by atoms with van der Waals surface area (Å²) in [7, 11) is 0. The zero-order chi connectivity index (χ0) is 26.1. The molecule has 188 valence electrons. The Kier molecular flexibility index (Phi) is 7.34. The normalized spacial score (nSPS) is 17.5. The summed E-state index contributed by atoms with van der Waals surface area (Å²) in [6.45, 7) is 4.00. The SMILES string of the molecule is CCC(=O)NCc1ccc(C2=NOC(c3cc(Cl)cc(Cl)c3)(C(F)(F)F)C2)cc1-c1ccccc1C. The number of alkyl halides is 3. The van der Waals surface area contributed by atoms with Crippen molar-refractivity contribution in [2.45, 2.75) is 45.0 Å². The van der Waals surface area contributed by atoms with E-state index < -0.39 is 18.2 Å². The van der Waals surface area contributed by atoms with Gasteiger partial charge in [-0.25, -0.2) is 0 Å². The minimum Gasteiger partial charge on any atom is -0.374 e. The molecule has 0 fully saturated rings. The maximum absolute atomic E-state index is 14.4. The lowest BCUT2D eigenvalue weighted by Gasteiger charge is -2.29. The Bertz CT molecular complexity index is 1320. The molecule has 1 heterocycles. The highest BCUT2D eigenvalue weighted by atomic mass is 35.5. The number of carbonyl (C=O) groups excluding carboxylic acids is 1. The first-order chi connectivity index (χ1) is 17.0. The van der Waals surface area contributed by atoms with E-state index >= 15 is 0 Å². The third-order valence-corrected chi connectivity index (χ3v) is 6.63. The molecule has 0 saturated heterocycles. The van der Waals surface area contributed by atoms with E-state index in [4.69, 9.17) is 28.0 Å². The molecule has 0 saturated carbocycles. The topological polar surface area (TPSA) is 50.7 Å². The van der Waals surface area contributed by atoms with Gasteiger partial charge in [-0.1, -0.05) is 71.7 Å². The second kappa shape index (κ2) is 10.1. The van der Waals surface area contributed by atoms with Gasteiger partial charge in [0, 0.05) is 40.6 Å². The number of halogens is 5. The smallest absolute Gasteiger partial charge is 0.374 e. The van der Waals surface area contributed by atoms with Crippen molar-refractivity contribution in [1.82, 2.24) is 5.32 Å². The number of hydrogen-bond donors (Lipinski definition) is 1. The molecule has 3 aromatic carbocycles. The standard InChI is InChI=1S/C27H23Cl2F3N2O2/c1-3-25(35)33-15-18-9-8-17(10-23(18)22-7-5-4-6-16(22)2)24-14-26(36-34-24,27(30,31)32)19-11-20(28)13-21(29)12-19/h4-13H,3,14-15H2,1-2H3,(H,33,35). The molecule has 0 aliphatic carbocycles. The van der Waals surface area contributed by atoms with Crippen LogP contribution in [0, 0.1) is 6.92 Å². The van der Waals surface area contributed by atoms with Crippen LogP contribution in [0.4, 0.5) is 13.2 Å². The van der Waals surface area contributed by atoms with E-state index in [-0.39, 0.29) is 33.8 Å². The van der Waals surface area contributed by atoms with Crippen LogP contribution in [0.5, 0.6) is 0 Å². The molecule has 1 atom stereocenters. The second-order valence-corrected chi connectivity index (χ2v) is 9.48. The van der Waals surface area contributed by atoms with E-state index in [2.05, 4.69) is 10.5 Å². The Morgan fingerprint density at radius 1 is 1.06 bits per heavy atom. The van der Waals surface area contributed by atoms with Gasteiger partial charge in [-0.15, -0.1) is 0 Å². The van der Waals surface area contributed by atoms with Gasteiger partial charge < -0.3 is 10.2 Å². The van der Waals surface area contributed by atoms with Crippen molar-refractivity contribution >= 4 is 34.8 Å². The predicted molar refractivity (Wildman–Crippen MR) is 135 cm³/mol. The maximum atomic E-state index is 14.4. The maximum Gasteiger partial charge on any atom is 0.435 e. The molecule has 1 aliphatic rings. The Labute approximate surface area is 217 Å². The predicted octanol–water partition coefficient (Wildman–Crippen LogP) is 7.58. The van der Waals surface area contributed by atoms with Gasteiger partial charge in [0.05, 0.1) is 5.71 Å². The van der Waals surface area contributed by atoms with Crippen LogP contribution < -0.4 is 5.32 Å². The van der Waals surface area contributed by atoms with Crippen LogP contribution in [0.25, 0.3) is 11.1 Å². The molecule has 0 radical (unpaired) electrons. The molecule has 1 N–H and O–H groups in total. The minimum absolute atomic E-state index is 0.0680. The summed E-state index contributed by atoms with van der Waals surface area (Å²) in [5.41, 5.74) is 1.21. The molecule has 4 nitrogen and oxygen atoms in total. The molecule has 0 bridgehead atoms. The number of nitrogens with one attached hydrogen (secondary N) is 1. The van der Waals surface area contributed by atoms with E-state index in [1.54, 1.807) is 25.1 Å². The molecule has 0 aromatic heterocycles. The van der Waals surface area contributed by atoms with Gasteiger partial charge in [-0.05, 0) is 53.4 Å². The highest BCUT2D eigenvalue weighted by Crippen LogP contribution is 2.50. The first-order valence-corrected chi connectivity index (χ1v) is 12.0. The first kappa shape index (κ1) is 26.0. The Hall–Kier alpha value is -3.03. The summed E-state index contributed by atoms with van der Waals surface area (Å²) in [5, 5.41) is 6.88. The fourth-order valence-corrected chi connectivity index (χ4v) is 4.73. The summed E-state index contributed by atoms with van der Waals surface area (Å²) in [4.78, 5) is 17.0. The number of benzene rings is 3. The van der Waals surface area contributed by atoms with Crippen LogP contribution in [-0.4, -0.2) is 17.8 Å². The number of hydrogen-bond acceptors (Lipinski definition) is 3.